The minimum atomic E-state index is -0.927. The molecule has 1 atom stereocenters. The number of hydrogen-bond donors (Lipinski definition) is 1. The highest BCUT2D eigenvalue weighted by atomic mass is 16.4. The second kappa shape index (κ2) is 4.37. The van der Waals surface area contributed by atoms with Crippen molar-refractivity contribution in [3.63, 3.8) is 0 Å². The van der Waals surface area contributed by atoms with Gasteiger partial charge in [0.1, 0.15) is 0 Å². The third kappa shape index (κ3) is 1.91. The number of aliphatic carboxylic acids is 1. The molecule has 86 valence electrons. The SMILES string of the molecule is CC(C(=O)O)c1ccc2ccccc2c1C=O. The van der Waals surface area contributed by atoms with Gasteiger partial charge in [-0.1, -0.05) is 36.4 Å². The van der Waals surface area contributed by atoms with Crippen molar-refractivity contribution in [2.45, 2.75) is 12.8 Å². The Morgan fingerprint density at radius 1 is 1.24 bits per heavy atom. The van der Waals surface area contributed by atoms with Crippen LogP contribution in [0.2, 0.25) is 0 Å². The maximum absolute atomic E-state index is 11.2. The number of benzene rings is 2. The molecule has 0 heterocycles. The average molecular weight is 228 g/mol. The lowest BCUT2D eigenvalue weighted by Crippen LogP contribution is -2.10. The van der Waals surface area contributed by atoms with E-state index in [1.54, 1.807) is 13.0 Å². The van der Waals surface area contributed by atoms with Crippen molar-refractivity contribution in [1.29, 1.82) is 0 Å². The molecule has 0 spiro atoms. The van der Waals surface area contributed by atoms with Crippen LogP contribution in [0, 0.1) is 0 Å². The average Bonchev–Trinajstić information content (AvgIpc) is 2.36. The van der Waals surface area contributed by atoms with Gasteiger partial charge in [0.15, 0.2) is 6.29 Å². The van der Waals surface area contributed by atoms with Crippen molar-refractivity contribution in [3.05, 3.63) is 47.5 Å². The second-order valence-corrected chi connectivity index (χ2v) is 3.97. The molecule has 2 aromatic carbocycles. The van der Waals surface area contributed by atoms with Crippen LogP contribution in [0.4, 0.5) is 0 Å². The fourth-order valence-electron chi connectivity index (χ4n) is 1.95. The fraction of sp³-hybridized carbons (Fsp3) is 0.143. The Labute approximate surface area is 98.7 Å². The summed E-state index contributed by atoms with van der Waals surface area (Å²) >= 11 is 0. The molecule has 17 heavy (non-hydrogen) atoms. The Morgan fingerprint density at radius 3 is 2.59 bits per heavy atom. The number of rotatable bonds is 3. The van der Waals surface area contributed by atoms with Gasteiger partial charge in [-0.25, -0.2) is 0 Å². The van der Waals surface area contributed by atoms with E-state index >= 15 is 0 Å². The Hall–Kier alpha value is -2.16. The number of hydrogen-bond acceptors (Lipinski definition) is 2. The summed E-state index contributed by atoms with van der Waals surface area (Å²) in [6.07, 6.45) is 0.733. The molecule has 0 saturated heterocycles. The van der Waals surface area contributed by atoms with Crippen LogP contribution in [0.5, 0.6) is 0 Å². The van der Waals surface area contributed by atoms with Crippen LogP contribution < -0.4 is 0 Å². The number of carbonyl (C=O) groups excluding carboxylic acids is 1. The highest BCUT2D eigenvalue weighted by molar-refractivity contribution is 6.00. The van der Waals surface area contributed by atoms with E-state index in [1.165, 1.54) is 0 Å². The molecule has 2 aromatic rings. The topological polar surface area (TPSA) is 54.4 Å². The highest BCUT2D eigenvalue weighted by Crippen LogP contribution is 2.26. The summed E-state index contributed by atoms with van der Waals surface area (Å²) in [5.41, 5.74) is 1.03. The lowest BCUT2D eigenvalue weighted by atomic mass is 9.92. The number of aldehydes is 1. The molecular weight excluding hydrogens is 216 g/mol. The van der Waals surface area contributed by atoms with Crippen LogP contribution in [0.3, 0.4) is 0 Å². The molecule has 0 amide bonds. The molecule has 0 aliphatic rings. The van der Waals surface area contributed by atoms with E-state index in [0.29, 0.717) is 11.1 Å². The van der Waals surface area contributed by atoms with E-state index in [4.69, 9.17) is 5.11 Å². The van der Waals surface area contributed by atoms with Gasteiger partial charge in [-0.15, -0.1) is 0 Å². The maximum atomic E-state index is 11.2. The third-order valence-corrected chi connectivity index (χ3v) is 2.96. The van der Waals surface area contributed by atoms with Gasteiger partial charge in [0.2, 0.25) is 0 Å². The van der Waals surface area contributed by atoms with Crippen LogP contribution in [0.25, 0.3) is 10.8 Å². The monoisotopic (exact) mass is 228 g/mol. The predicted molar refractivity (Wildman–Crippen MR) is 65.4 cm³/mol. The van der Waals surface area contributed by atoms with Crippen molar-refractivity contribution in [3.8, 4) is 0 Å². The first-order chi connectivity index (χ1) is 8.15. The Bertz CT molecular complexity index is 587. The summed E-state index contributed by atoms with van der Waals surface area (Å²) in [6, 6.07) is 11.0. The largest absolute Gasteiger partial charge is 0.481 e. The lowest BCUT2D eigenvalue weighted by molar-refractivity contribution is -0.138. The Balaban J connectivity index is 2.73. The first-order valence-corrected chi connectivity index (χ1v) is 5.34. The summed E-state index contributed by atoms with van der Waals surface area (Å²) in [5, 5.41) is 10.8. The number of fused-ring (bicyclic) bond motifs is 1. The van der Waals surface area contributed by atoms with Crippen LogP contribution in [0.15, 0.2) is 36.4 Å². The summed E-state index contributed by atoms with van der Waals surface area (Å²) in [4.78, 5) is 22.2. The van der Waals surface area contributed by atoms with E-state index in [-0.39, 0.29) is 0 Å². The third-order valence-electron chi connectivity index (χ3n) is 2.96. The van der Waals surface area contributed by atoms with Crippen LogP contribution in [0.1, 0.15) is 28.8 Å². The van der Waals surface area contributed by atoms with E-state index < -0.39 is 11.9 Å². The second-order valence-electron chi connectivity index (χ2n) is 3.97. The minimum Gasteiger partial charge on any atom is -0.481 e. The standard InChI is InChI=1S/C14H12O3/c1-9(14(16)17)11-7-6-10-4-2-3-5-12(10)13(11)8-15/h2-9H,1H3,(H,16,17). The summed E-state index contributed by atoms with van der Waals surface area (Å²) in [7, 11) is 0. The molecule has 0 radical (unpaired) electrons. The fourth-order valence-corrected chi connectivity index (χ4v) is 1.95. The Morgan fingerprint density at radius 2 is 1.94 bits per heavy atom. The molecule has 3 nitrogen and oxygen atoms in total. The number of carbonyl (C=O) groups is 2. The quantitative estimate of drug-likeness (QED) is 0.822. The summed E-state index contributed by atoms with van der Waals surface area (Å²) in [6.45, 7) is 1.58. The Kier molecular flexibility index (Phi) is 2.91. The summed E-state index contributed by atoms with van der Waals surface area (Å²) in [5.74, 6) is -1.61. The van der Waals surface area contributed by atoms with Crippen LogP contribution in [-0.4, -0.2) is 17.4 Å². The maximum Gasteiger partial charge on any atom is 0.310 e. The van der Waals surface area contributed by atoms with E-state index in [0.717, 1.165) is 17.1 Å². The van der Waals surface area contributed by atoms with E-state index in [1.807, 2.05) is 30.3 Å². The van der Waals surface area contributed by atoms with Crippen molar-refractivity contribution >= 4 is 23.0 Å². The van der Waals surface area contributed by atoms with Gasteiger partial charge in [0.05, 0.1) is 5.92 Å². The van der Waals surface area contributed by atoms with Gasteiger partial charge in [-0.3, -0.25) is 9.59 Å². The zero-order valence-electron chi connectivity index (χ0n) is 9.38. The molecule has 3 heteroatoms. The van der Waals surface area contributed by atoms with Crippen molar-refractivity contribution in [2.24, 2.45) is 0 Å². The van der Waals surface area contributed by atoms with Gasteiger partial charge in [0, 0.05) is 5.56 Å². The van der Waals surface area contributed by atoms with Gasteiger partial charge in [-0.05, 0) is 23.3 Å². The first-order valence-electron chi connectivity index (χ1n) is 5.34. The van der Waals surface area contributed by atoms with E-state index in [9.17, 15) is 9.59 Å². The van der Waals surface area contributed by atoms with Gasteiger partial charge in [-0.2, -0.15) is 0 Å². The van der Waals surface area contributed by atoms with Gasteiger partial charge < -0.3 is 5.11 Å². The summed E-state index contributed by atoms with van der Waals surface area (Å²) < 4.78 is 0. The number of carboxylic acids is 1. The first kappa shape index (κ1) is 11.3. The molecule has 1 unspecified atom stereocenters. The zero-order valence-corrected chi connectivity index (χ0v) is 9.38. The number of carboxylic acid groups (broad SMARTS) is 1. The molecule has 0 bridgehead atoms. The van der Waals surface area contributed by atoms with Crippen molar-refractivity contribution in [1.82, 2.24) is 0 Å². The zero-order chi connectivity index (χ0) is 12.4. The molecule has 0 aromatic heterocycles. The molecule has 0 fully saturated rings. The molecule has 0 saturated carbocycles. The van der Waals surface area contributed by atoms with Crippen LogP contribution in [-0.2, 0) is 4.79 Å². The van der Waals surface area contributed by atoms with Gasteiger partial charge in [0.25, 0.3) is 0 Å². The van der Waals surface area contributed by atoms with Gasteiger partial charge >= 0.3 is 5.97 Å². The van der Waals surface area contributed by atoms with E-state index in [2.05, 4.69) is 0 Å². The lowest BCUT2D eigenvalue weighted by Gasteiger charge is -2.11. The molecule has 2 rings (SSSR count). The molecule has 0 aliphatic carbocycles. The van der Waals surface area contributed by atoms with Crippen molar-refractivity contribution < 1.29 is 14.7 Å². The highest BCUT2D eigenvalue weighted by Gasteiger charge is 2.18. The van der Waals surface area contributed by atoms with Crippen LogP contribution >= 0.6 is 0 Å². The smallest absolute Gasteiger partial charge is 0.310 e. The molecule has 0 aliphatic heterocycles. The molecule has 1 N–H and O–H groups in total. The van der Waals surface area contributed by atoms with Crippen molar-refractivity contribution in [2.75, 3.05) is 0 Å². The normalized spacial score (nSPS) is 12.3. The predicted octanol–water partition coefficient (Wildman–Crippen LogP) is 2.84. The molecular formula is C14H12O3. The minimum absolute atomic E-state index is 0.470.